The van der Waals surface area contributed by atoms with Crippen molar-refractivity contribution in [2.75, 3.05) is 0 Å². The average Bonchev–Trinajstić information content (AvgIpc) is 2.51. The Hall–Kier alpha value is -1.92. The number of ether oxygens (including phenoxy) is 2. The van der Waals surface area contributed by atoms with Gasteiger partial charge in [-0.3, -0.25) is 9.59 Å². The molecular weight excluding hydrogens is 308 g/mol. The van der Waals surface area contributed by atoms with Crippen molar-refractivity contribution in [3.8, 4) is 0 Å². The minimum atomic E-state index is -0.723. The van der Waals surface area contributed by atoms with E-state index in [1.807, 2.05) is 30.3 Å². The van der Waals surface area contributed by atoms with E-state index in [0.717, 1.165) is 5.56 Å². The number of nitrogens with two attached hydrogens (primary N) is 2. The van der Waals surface area contributed by atoms with E-state index >= 15 is 0 Å². The summed E-state index contributed by atoms with van der Waals surface area (Å²) < 4.78 is 10.4. The molecule has 4 N–H and O–H groups in total. The quantitative estimate of drug-likeness (QED) is 0.703. The highest BCUT2D eigenvalue weighted by molar-refractivity contribution is 5.76. The van der Waals surface area contributed by atoms with E-state index in [0.29, 0.717) is 19.3 Å². The molecule has 0 heterocycles. The maximum atomic E-state index is 11.8. The smallest absolute Gasteiger partial charge is 0.323 e. The Morgan fingerprint density at radius 1 is 1.00 bits per heavy atom. The van der Waals surface area contributed by atoms with Gasteiger partial charge in [0, 0.05) is 0 Å². The number of hydrogen-bond donors (Lipinski definition) is 2. The molecule has 0 radical (unpaired) electrons. The molecule has 1 aromatic rings. The molecule has 0 fully saturated rings. The van der Waals surface area contributed by atoms with E-state index in [-0.39, 0.29) is 6.61 Å². The van der Waals surface area contributed by atoms with E-state index in [4.69, 9.17) is 20.9 Å². The Labute approximate surface area is 143 Å². The predicted octanol–water partition coefficient (Wildman–Crippen LogP) is 1.90. The molecule has 0 aliphatic heterocycles. The molecule has 0 amide bonds. The zero-order valence-corrected chi connectivity index (χ0v) is 14.7. The third-order valence-corrected chi connectivity index (χ3v) is 3.27. The van der Waals surface area contributed by atoms with E-state index in [1.54, 1.807) is 20.8 Å². The second kappa shape index (κ2) is 9.39. The van der Waals surface area contributed by atoms with Crippen LogP contribution in [0.25, 0.3) is 0 Å². The van der Waals surface area contributed by atoms with Gasteiger partial charge >= 0.3 is 11.9 Å². The summed E-state index contributed by atoms with van der Waals surface area (Å²) in [5.41, 5.74) is 11.9. The molecule has 0 saturated heterocycles. The molecule has 1 aromatic carbocycles. The van der Waals surface area contributed by atoms with Crippen LogP contribution in [0.1, 0.15) is 45.6 Å². The first-order chi connectivity index (χ1) is 11.2. The Morgan fingerprint density at radius 2 is 1.54 bits per heavy atom. The van der Waals surface area contributed by atoms with Gasteiger partial charge in [-0.25, -0.2) is 0 Å². The molecular formula is C18H28N2O4. The standard InChI is InChI=1S/C18H28N2O4/c1-18(2,3)24-17(22)15(20)11-7-10-14(19)16(21)23-12-13-8-5-4-6-9-13/h4-6,8-9,14-15H,7,10-12,19-20H2,1-3H3. The Kier molecular flexibility index (Phi) is 7.88. The van der Waals surface area contributed by atoms with Crippen molar-refractivity contribution in [1.82, 2.24) is 0 Å². The third-order valence-electron chi connectivity index (χ3n) is 3.27. The van der Waals surface area contributed by atoms with Crippen LogP contribution in [0.5, 0.6) is 0 Å². The first-order valence-corrected chi connectivity index (χ1v) is 8.13. The topological polar surface area (TPSA) is 105 Å². The fourth-order valence-corrected chi connectivity index (χ4v) is 2.01. The minimum Gasteiger partial charge on any atom is -0.460 e. The maximum Gasteiger partial charge on any atom is 0.323 e. The van der Waals surface area contributed by atoms with Crippen LogP contribution in [-0.4, -0.2) is 29.6 Å². The lowest BCUT2D eigenvalue weighted by atomic mass is 10.1. The zero-order chi connectivity index (χ0) is 18.2. The van der Waals surface area contributed by atoms with Crippen LogP contribution in [0.4, 0.5) is 0 Å². The molecule has 0 spiro atoms. The Morgan fingerprint density at radius 3 is 2.08 bits per heavy atom. The number of carbonyl (C=O) groups is 2. The molecule has 1 rings (SSSR count). The van der Waals surface area contributed by atoms with Crippen LogP contribution in [-0.2, 0) is 25.7 Å². The zero-order valence-electron chi connectivity index (χ0n) is 14.7. The second-order valence-corrected chi connectivity index (χ2v) is 6.77. The Balaban J connectivity index is 2.26. The lowest BCUT2D eigenvalue weighted by molar-refractivity contribution is -0.156. The largest absolute Gasteiger partial charge is 0.460 e. The lowest BCUT2D eigenvalue weighted by Crippen LogP contribution is -2.38. The van der Waals surface area contributed by atoms with Crippen LogP contribution in [0.2, 0.25) is 0 Å². The summed E-state index contributed by atoms with van der Waals surface area (Å²) in [6, 6.07) is 7.96. The maximum absolute atomic E-state index is 11.8. The van der Waals surface area contributed by atoms with Gasteiger partial charge in [-0.1, -0.05) is 30.3 Å². The van der Waals surface area contributed by atoms with Crippen molar-refractivity contribution >= 4 is 11.9 Å². The molecule has 6 nitrogen and oxygen atoms in total. The highest BCUT2D eigenvalue weighted by Crippen LogP contribution is 2.11. The van der Waals surface area contributed by atoms with E-state index < -0.39 is 29.6 Å². The highest BCUT2D eigenvalue weighted by atomic mass is 16.6. The van der Waals surface area contributed by atoms with Crippen LogP contribution in [0, 0.1) is 0 Å². The molecule has 0 bridgehead atoms. The van der Waals surface area contributed by atoms with Gasteiger partial charge in [0.25, 0.3) is 0 Å². The predicted molar refractivity (Wildman–Crippen MR) is 91.9 cm³/mol. The van der Waals surface area contributed by atoms with E-state index in [1.165, 1.54) is 0 Å². The molecule has 134 valence electrons. The van der Waals surface area contributed by atoms with Gasteiger partial charge < -0.3 is 20.9 Å². The molecule has 2 atom stereocenters. The molecule has 24 heavy (non-hydrogen) atoms. The molecule has 0 aliphatic carbocycles. The lowest BCUT2D eigenvalue weighted by Gasteiger charge is -2.22. The molecule has 0 aromatic heterocycles. The highest BCUT2D eigenvalue weighted by Gasteiger charge is 2.22. The Bertz CT molecular complexity index is 526. The van der Waals surface area contributed by atoms with Crippen molar-refractivity contribution in [1.29, 1.82) is 0 Å². The average molecular weight is 336 g/mol. The number of esters is 2. The van der Waals surface area contributed by atoms with Crippen molar-refractivity contribution in [3.63, 3.8) is 0 Å². The van der Waals surface area contributed by atoms with E-state index in [2.05, 4.69) is 0 Å². The second-order valence-electron chi connectivity index (χ2n) is 6.77. The number of hydrogen-bond acceptors (Lipinski definition) is 6. The van der Waals surface area contributed by atoms with Crippen LogP contribution in [0.15, 0.2) is 30.3 Å². The normalized spacial score (nSPS) is 13.9. The summed E-state index contributed by atoms with van der Waals surface area (Å²) in [5, 5.41) is 0. The SMILES string of the molecule is CC(C)(C)OC(=O)C(N)CCCC(N)C(=O)OCc1ccccc1. The third kappa shape index (κ3) is 8.08. The minimum absolute atomic E-state index is 0.199. The molecule has 6 heteroatoms. The summed E-state index contributed by atoms with van der Waals surface area (Å²) in [6.07, 6.45) is 1.36. The summed E-state index contributed by atoms with van der Waals surface area (Å²) in [7, 11) is 0. The van der Waals surface area contributed by atoms with Gasteiger partial charge in [-0.05, 0) is 45.6 Å². The van der Waals surface area contributed by atoms with Gasteiger partial charge in [-0.15, -0.1) is 0 Å². The fraction of sp³-hybridized carbons (Fsp3) is 0.556. The van der Waals surface area contributed by atoms with Crippen LogP contribution in [0.3, 0.4) is 0 Å². The molecule has 0 saturated carbocycles. The van der Waals surface area contributed by atoms with Crippen molar-refractivity contribution in [2.24, 2.45) is 11.5 Å². The summed E-state index contributed by atoms with van der Waals surface area (Å²) in [4.78, 5) is 23.6. The summed E-state index contributed by atoms with van der Waals surface area (Å²) in [6.45, 7) is 5.56. The van der Waals surface area contributed by atoms with E-state index in [9.17, 15) is 9.59 Å². The van der Waals surface area contributed by atoms with Gasteiger partial charge in [0.05, 0.1) is 0 Å². The van der Waals surface area contributed by atoms with Crippen molar-refractivity contribution < 1.29 is 19.1 Å². The number of carbonyl (C=O) groups excluding carboxylic acids is 2. The summed E-state index contributed by atoms with van der Waals surface area (Å²) >= 11 is 0. The fourth-order valence-electron chi connectivity index (χ4n) is 2.01. The monoisotopic (exact) mass is 336 g/mol. The van der Waals surface area contributed by atoms with Gasteiger partial charge in [0.1, 0.15) is 24.3 Å². The molecule has 2 unspecified atom stereocenters. The van der Waals surface area contributed by atoms with Crippen LogP contribution < -0.4 is 11.5 Å². The summed E-state index contributed by atoms with van der Waals surface area (Å²) in [5.74, 6) is -0.896. The molecule has 0 aliphatic rings. The van der Waals surface area contributed by atoms with Crippen LogP contribution >= 0.6 is 0 Å². The van der Waals surface area contributed by atoms with Gasteiger partial charge in [0.2, 0.25) is 0 Å². The number of benzene rings is 1. The first kappa shape index (κ1) is 20.1. The van der Waals surface area contributed by atoms with Gasteiger partial charge in [-0.2, -0.15) is 0 Å². The van der Waals surface area contributed by atoms with Gasteiger partial charge in [0.15, 0.2) is 0 Å². The van der Waals surface area contributed by atoms with Crippen molar-refractivity contribution in [3.05, 3.63) is 35.9 Å². The number of rotatable bonds is 8. The first-order valence-electron chi connectivity index (χ1n) is 8.13. The van der Waals surface area contributed by atoms with Crippen molar-refractivity contribution in [2.45, 2.75) is 64.3 Å².